The second kappa shape index (κ2) is 6.31. The van der Waals surface area contributed by atoms with E-state index >= 15 is 0 Å². The van der Waals surface area contributed by atoms with Crippen LogP contribution in [0.4, 0.5) is 0 Å². The minimum atomic E-state index is -0.461. The summed E-state index contributed by atoms with van der Waals surface area (Å²) in [5.41, 5.74) is 0.680. The van der Waals surface area contributed by atoms with Gasteiger partial charge in [-0.25, -0.2) is 4.98 Å². The molecule has 19 heavy (non-hydrogen) atoms. The molecule has 0 aliphatic heterocycles. The van der Waals surface area contributed by atoms with E-state index in [1.807, 2.05) is 14.0 Å². The first-order chi connectivity index (χ1) is 8.70. The zero-order chi connectivity index (χ0) is 14.7. The third kappa shape index (κ3) is 4.84. The molecule has 0 aromatic carbocycles. The average Bonchev–Trinajstić information content (AvgIpc) is 2.76. The Kier molecular flexibility index (Phi) is 5.50. The SMILES string of the molecule is CN(Cc1csc(C(C)(C)C)n1)CC(C)(CO)CO. The molecule has 0 spiro atoms. The summed E-state index contributed by atoms with van der Waals surface area (Å²) in [7, 11) is 1.99. The molecule has 0 radical (unpaired) electrons. The first-order valence-electron chi connectivity index (χ1n) is 6.55. The van der Waals surface area contributed by atoms with Crippen LogP contribution in [0.2, 0.25) is 0 Å². The van der Waals surface area contributed by atoms with Gasteiger partial charge >= 0.3 is 0 Å². The molecule has 5 heteroatoms. The fourth-order valence-electron chi connectivity index (χ4n) is 1.86. The molecule has 4 nitrogen and oxygen atoms in total. The maximum Gasteiger partial charge on any atom is 0.0982 e. The minimum absolute atomic E-state index is 0.0157. The zero-order valence-electron chi connectivity index (χ0n) is 12.6. The topological polar surface area (TPSA) is 56.6 Å². The van der Waals surface area contributed by atoms with Gasteiger partial charge in [0.25, 0.3) is 0 Å². The Labute approximate surface area is 120 Å². The molecule has 1 aromatic heterocycles. The van der Waals surface area contributed by atoms with Gasteiger partial charge in [0, 0.05) is 29.3 Å². The van der Waals surface area contributed by atoms with Crippen molar-refractivity contribution in [2.24, 2.45) is 5.41 Å². The molecular weight excluding hydrogens is 260 g/mol. The van der Waals surface area contributed by atoms with E-state index in [1.165, 1.54) is 0 Å². The number of aromatic nitrogens is 1. The standard InChI is InChI=1S/C14H26N2O2S/c1-13(2,3)12-15-11(7-19-12)6-16(5)8-14(4,9-17)10-18/h7,17-18H,6,8-10H2,1-5H3. The van der Waals surface area contributed by atoms with Crippen LogP contribution in [0.15, 0.2) is 5.38 Å². The molecule has 1 heterocycles. The van der Waals surface area contributed by atoms with Crippen molar-refractivity contribution in [3.63, 3.8) is 0 Å². The smallest absolute Gasteiger partial charge is 0.0982 e. The van der Waals surface area contributed by atoms with Gasteiger partial charge in [-0.1, -0.05) is 27.7 Å². The van der Waals surface area contributed by atoms with Gasteiger partial charge in [-0.2, -0.15) is 0 Å². The Balaban J connectivity index is 2.62. The molecule has 0 atom stereocenters. The van der Waals surface area contributed by atoms with Gasteiger partial charge in [-0.05, 0) is 7.05 Å². The van der Waals surface area contributed by atoms with Crippen molar-refractivity contribution < 1.29 is 10.2 Å². The van der Waals surface area contributed by atoms with Crippen LogP contribution in [0.3, 0.4) is 0 Å². The predicted octanol–water partition coefficient (Wildman–Crippen LogP) is 1.86. The normalized spacial score (nSPS) is 13.3. The van der Waals surface area contributed by atoms with E-state index < -0.39 is 5.41 Å². The second-order valence-electron chi connectivity index (χ2n) is 6.69. The summed E-state index contributed by atoms with van der Waals surface area (Å²) in [5, 5.41) is 21.9. The first kappa shape index (κ1) is 16.6. The van der Waals surface area contributed by atoms with Crippen LogP contribution >= 0.6 is 11.3 Å². The Morgan fingerprint density at radius 3 is 2.21 bits per heavy atom. The fourth-order valence-corrected chi connectivity index (χ4v) is 2.76. The lowest BCUT2D eigenvalue weighted by molar-refractivity contribution is 0.0399. The van der Waals surface area contributed by atoms with Crippen LogP contribution < -0.4 is 0 Å². The van der Waals surface area contributed by atoms with E-state index in [-0.39, 0.29) is 18.6 Å². The molecular formula is C14H26N2O2S. The number of hydrogen-bond acceptors (Lipinski definition) is 5. The number of rotatable bonds is 6. The van der Waals surface area contributed by atoms with E-state index in [0.717, 1.165) is 17.2 Å². The van der Waals surface area contributed by atoms with E-state index in [1.54, 1.807) is 11.3 Å². The van der Waals surface area contributed by atoms with Crippen LogP contribution in [0, 0.1) is 5.41 Å². The molecule has 1 rings (SSSR count). The molecule has 0 saturated carbocycles. The van der Waals surface area contributed by atoms with Crippen LogP contribution in [0.5, 0.6) is 0 Å². The molecule has 0 amide bonds. The third-order valence-electron chi connectivity index (χ3n) is 3.04. The van der Waals surface area contributed by atoms with Crippen molar-refractivity contribution in [3.8, 4) is 0 Å². The highest BCUT2D eigenvalue weighted by atomic mass is 32.1. The van der Waals surface area contributed by atoms with Crippen molar-refractivity contribution in [3.05, 3.63) is 16.1 Å². The number of aliphatic hydroxyl groups excluding tert-OH is 2. The summed E-state index contributed by atoms with van der Waals surface area (Å²) >= 11 is 1.69. The average molecular weight is 286 g/mol. The summed E-state index contributed by atoms with van der Waals surface area (Å²) in [6.07, 6.45) is 0. The Morgan fingerprint density at radius 1 is 1.21 bits per heavy atom. The molecule has 0 aliphatic carbocycles. The van der Waals surface area contributed by atoms with Crippen LogP contribution in [0.25, 0.3) is 0 Å². The van der Waals surface area contributed by atoms with Gasteiger partial charge in [-0.3, -0.25) is 4.90 Å². The number of aliphatic hydroxyl groups is 2. The van der Waals surface area contributed by atoms with E-state index in [0.29, 0.717) is 6.54 Å². The van der Waals surface area contributed by atoms with Crippen molar-refractivity contribution in [1.29, 1.82) is 0 Å². The molecule has 0 saturated heterocycles. The van der Waals surface area contributed by atoms with Gasteiger partial charge in [0.1, 0.15) is 0 Å². The highest BCUT2D eigenvalue weighted by molar-refractivity contribution is 7.09. The minimum Gasteiger partial charge on any atom is -0.396 e. The van der Waals surface area contributed by atoms with Crippen LogP contribution in [0.1, 0.15) is 38.4 Å². The van der Waals surface area contributed by atoms with Crippen molar-refractivity contribution in [2.75, 3.05) is 26.8 Å². The fraction of sp³-hybridized carbons (Fsp3) is 0.786. The third-order valence-corrected chi connectivity index (χ3v) is 4.36. The highest BCUT2D eigenvalue weighted by Crippen LogP contribution is 2.26. The summed E-state index contributed by atoms with van der Waals surface area (Å²) < 4.78 is 0. The van der Waals surface area contributed by atoms with Crippen molar-refractivity contribution >= 4 is 11.3 Å². The Morgan fingerprint density at radius 2 is 1.79 bits per heavy atom. The van der Waals surface area contributed by atoms with Gasteiger partial charge in [0.15, 0.2) is 0 Å². The number of hydrogen-bond donors (Lipinski definition) is 2. The summed E-state index contributed by atoms with van der Waals surface area (Å²) in [4.78, 5) is 6.75. The van der Waals surface area contributed by atoms with Gasteiger partial charge in [0.05, 0.1) is 23.9 Å². The van der Waals surface area contributed by atoms with Gasteiger partial charge < -0.3 is 10.2 Å². The Hall–Kier alpha value is -0.490. The maximum atomic E-state index is 9.31. The summed E-state index contributed by atoms with van der Waals surface area (Å²) in [6.45, 7) is 9.71. The molecule has 0 aliphatic rings. The van der Waals surface area contributed by atoms with Crippen molar-refractivity contribution in [2.45, 2.75) is 39.7 Å². The number of nitrogens with zero attached hydrogens (tertiary/aromatic N) is 2. The largest absolute Gasteiger partial charge is 0.396 e. The second-order valence-corrected chi connectivity index (χ2v) is 7.55. The van der Waals surface area contributed by atoms with Gasteiger partial charge in [-0.15, -0.1) is 11.3 Å². The van der Waals surface area contributed by atoms with Crippen molar-refractivity contribution in [1.82, 2.24) is 9.88 Å². The molecule has 0 bridgehead atoms. The summed E-state index contributed by atoms with van der Waals surface area (Å²) in [6, 6.07) is 0. The highest BCUT2D eigenvalue weighted by Gasteiger charge is 2.25. The van der Waals surface area contributed by atoms with E-state index in [2.05, 4.69) is 36.0 Å². The molecule has 0 unspecified atom stereocenters. The predicted molar refractivity (Wildman–Crippen MR) is 79.4 cm³/mol. The van der Waals surface area contributed by atoms with E-state index in [9.17, 15) is 10.2 Å². The molecule has 2 N–H and O–H groups in total. The van der Waals surface area contributed by atoms with E-state index in [4.69, 9.17) is 0 Å². The first-order valence-corrected chi connectivity index (χ1v) is 7.43. The monoisotopic (exact) mass is 286 g/mol. The summed E-state index contributed by atoms with van der Waals surface area (Å²) in [5.74, 6) is 0. The van der Waals surface area contributed by atoms with Crippen LogP contribution in [-0.4, -0.2) is 46.9 Å². The molecule has 1 aromatic rings. The van der Waals surface area contributed by atoms with Gasteiger partial charge in [0.2, 0.25) is 0 Å². The quantitative estimate of drug-likeness (QED) is 0.838. The lowest BCUT2D eigenvalue weighted by Gasteiger charge is -2.29. The number of thiazole rings is 1. The molecule has 0 fully saturated rings. The lowest BCUT2D eigenvalue weighted by Crippen LogP contribution is -2.38. The Bertz CT molecular complexity index is 394. The lowest BCUT2D eigenvalue weighted by atomic mass is 9.92. The van der Waals surface area contributed by atoms with Crippen LogP contribution in [-0.2, 0) is 12.0 Å². The molecule has 110 valence electrons. The zero-order valence-corrected chi connectivity index (χ0v) is 13.4. The maximum absolute atomic E-state index is 9.31.